The molecule has 0 aliphatic carbocycles. The van der Waals surface area contributed by atoms with Crippen LogP contribution in [-0.2, 0) is 4.74 Å². The molecule has 31 heavy (non-hydrogen) atoms. The molecule has 0 aliphatic heterocycles. The quantitative estimate of drug-likeness (QED) is 0.479. The minimum Gasteiger partial charge on any atom is -0.496 e. The first-order valence-corrected chi connectivity index (χ1v) is 10.7. The van der Waals surface area contributed by atoms with Crippen LogP contribution in [-0.4, -0.2) is 32.7 Å². The van der Waals surface area contributed by atoms with Crippen LogP contribution < -0.4 is 14.8 Å². The van der Waals surface area contributed by atoms with E-state index >= 15 is 0 Å². The number of thiophene rings is 1. The molecule has 3 rings (SSSR count). The van der Waals surface area contributed by atoms with Gasteiger partial charge in [0, 0.05) is 10.8 Å². The Hall–Kier alpha value is -3.32. The van der Waals surface area contributed by atoms with Gasteiger partial charge in [-0.1, -0.05) is 43.3 Å². The second-order valence-corrected chi connectivity index (χ2v) is 7.82. The molecule has 6 nitrogen and oxygen atoms in total. The van der Waals surface area contributed by atoms with Crippen LogP contribution in [0.3, 0.4) is 0 Å². The normalized spacial score (nSPS) is 11.5. The average Bonchev–Trinajstić information content (AvgIpc) is 3.22. The van der Waals surface area contributed by atoms with E-state index in [-0.39, 0.29) is 18.1 Å². The second kappa shape index (κ2) is 10.1. The first-order chi connectivity index (χ1) is 15.0. The molecule has 1 atom stereocenters. The van der Waals surface area contributed by atoms with Gasteiger partial charge in [-0.05, 0) is 30.7 Å². The fourth-order valence-electron chi connectivity index (χ4n) is 3.22. The lowest BCUT2D eigenvalue weighted by Gasteiger charge is -2.13. The smallest absolute Gasteiger partial charge is 0.341 e. The summed E-state index contributed by atoms with van der Waals surface area (Å²) in [5, 5.41) is 3.29. The van der Waals surface area contributed by atoms with Crippen LogP contribution in [0.15, 0.2) is 54.6 Å². The third-order valence-corrected chi connectivity index (χ3v) is 6.09. The Bertz CT molecular complexity index is 1040. The van der Waals surface area contributed by atoms with E-state index in [1.54, 1.807) is 31.2 Å². The topological polar surface area (TPSA) is 73.9 Å². The van der Waals surface area contributed by atoms with E-state index in [0.29, 0.717) is 22.1 Å². The second-order valence-electron chi connectivity index (χ2n) is 6.74. The highest BCUT2D eigenvalue weighted by atomic mass is 32.1. The standard InChI is InChI=1S/C24H25NO5S/c1-5-30-24(27)17-14-20(15(2)16-10-7-6-8-11-16)31-23(17)25-22(26)21-18(28-3)12-9-13-19(21)29-4/h6-15H,5H2,1-4H3,(H,25,26)/t15-/m1/s1. The van der Waals surface area contributed by atoms with Gasteiger partial charge >= 0.3 is 5.97 Å². The summed E-state index contributed by atoms with van der Waals surface area (Å²) in [6.07, 6.45) is 0. The lowest BCUT2D eigenvalue weighted by atomic mass is 9.99. The summed E-state index contributed by atoms with van der Waals surface area (Å²) in [4.78, 5) is 26.7. The number of anilines is 1. The van der Waals surface area contributed by atoms with Crippen molar-refractivity contribution >= 4 is 28.2 Å². The van der Waals surface area contributed by atoms with Crippen LogP contribution >= 0.6 is 11.3 Å². The number of methoxy groups -OCH3 is 2. The predicted octanol–water partition coefficient (Wildman–Crippen LogP) is 5.35. The predicted molar refractivity (Wildman–Crippen MR) is 122 cm³/mol. The Morgan fingerprint density at radius 1 is 1.00 bits per heavy atom. The Balaban J connectivity index is 1.99. The number of ether oxygens (including phenoxy) is 3. The summed E-state index contributed by atoms with van der Waals surface area (Å²) < 4.78 is 15.9. The SMILES string of the molecule is CCOC(=O)c1cc([C@H](C)c2ccccc2)sc1NC(=O)c1c(OC)cccc1OC. The van der Waals surface area contributed by atoms with E-state index in [0.717, 1.165) is 10.4 Å². The molecule has 1 N–H and O–H groups in total. The number of rotatable bonds is 8. The van der Waals surface area contributed by atoms with E-state index in [1.165, 1.54) is 25.6 Å². The Kier molecular flexibility index (Phi) is 7.31. The molecule has 0 fully saturated rings. The van der Waals surface area contributed by atoms with E-state index in [9.17, 15) is 9.59 Å². The largest absolute Gasteiger partial charge is 0.496 e. The van der Waals surface area contributed by atoms with Crippen molar-refractivity contribution in [2.75, 3.05) is 26.1 Å². The molecule has 7 heteroatoms. The maximum absolute atomic E-state index is 13.1. The molecule has 162 valence electrons. The van der Waals surface area contributed by atoms with E-state index in [4.69, 9.17) is 14.2 Å². The van der Waals surface area contributed by atoms with Crippen LogP contribution in [0, 0.1) is 0 Å². The monoisotopic (exact) mass is 439 g/mol. The zero-order valence-corrected chi connectivity index (χ0v) is 18.7. The van der Waals surface area contributed by atoms with Gasteiger partial charge < -0.3 is 19.5 Å². The maximum Gasteiger partial charge on any atom is 0.341 e. The van der Waals surface area contributed by atoms with Crippen molar-refractivity contribution in [1.82, 2.24) is 0 Å². The first-order valence-electron chi connectivity index (χ1n) is 9.88. The zero-order valence-electron chi connectivity index (χ0n) is 17.9. The highest BCUT2D eigenvalue weighted by Crippen LogP contribution is 2.38. The van der Waals surface area contributed by atoms with E-state index < -0.39 is 11.9 Å². The van der Waals surface area contributed by atoms with E-state index in [1.807, 2.05) is 30.3 Å². The van der Waals surface area contributed by atoms with Crippen molar-refractivity contribution in [1.29, 1.82) is 0 Å². The number of esters is 1. The van der Waals surface area contributed by atoms with Crippen molar-refractivity contribution in [3.8, 4) is 11.5 Å². The highest BCUT2D eigenvalue weighted by molar-refractivity contribution is 7.16. The first kappa shape index (κ1) is 22.4. The summed E-state index contributed by atoms with van der Waals surface area (Å²) in [6.45, 7) is 4.05. The van der Waals surface area contributed by atoms with Gasteiger partial charge in [0.15, 0.2) is 0 Å². The molecular formula is C24H25NO5S. The summed E-state index contributed by atoms with van der Waals surface area (Å²) in [5.74, 6) is -0.105. The summed E-state index contributed by atoms with van der Waals surface area (Å²) in [7, 11) is 2.97. The Morgan fingerprint density at radius 2 is 1.65 bits per heavy atom. The number of hydrogen-bond donors (Lipinski definition) is 1. The van der Waals surface area contributed by atoms with Crippen LogP contribution in [0.4, 0.5) is 5.00 Å². The van der Waals surface area contributed by atoms with E-state index in [2.05, 4.69) is 12.2 Å². The Labute approximate surface area is 185 Å². The van der Waals surface area contributed by atoms with Crippen LogP contribution in [0.1, 0.15) is 50.9 Å². The number of carbonyl (C=O) groups excluding carboxylic acids is 2. The number of nitrogens with one attached hydrogen (secondary N) is 1. The van der Waals surface area contributed by atoms with Crippen molar-refractivity contribution in [2.24, 2.45) is 0 Å². The molecule has 3 aromatic rings. The minimum absolute atomic E-state index is 0.0471. The summed E-state index contributed by atoms with van der Waals surface area (Å²) in [6, 6.07) is 16.9. The van der Waals surface area contributed by atoms with Gasteiger partial charge in [-0.3, -0.25) is 4.79 Å². The molecule has 0 spiro atoms. The summed E-state index contributed by atoms with van der Waals surface area (Å²) >= 11 is 1.35. The third kappa shape index (κ3) is 4.88. The number of benzene rings is 2. The molecule has 2 aromatic carbocycles. The molecule has 1 amide bonds. The lowest BCUT2D eigenvalue weighted by molar-refractivity contribution is 0.0528. The van der Waals surface area contributed by atoms with Crippen LogP contribution in [0.25, 0.3) is 0 Å². The van der Waals surface area contributed by atoms with Gasteiger partial charge in [0.25, 0.3) is 5.91 Å². The molecule has 0 unspecified atom stereocenters. The van der Waals surface area contributed by atoms with Gasteiger partial charge in [0.1, 0.15) is 22.1 Å². The molecule has 1 heterocycles. The third-order valence-electron chi connectivity index (χ3n) is 4.85. The number of hydrogen-bond acceptors (Lipinski definition) is 6. The van der Waals surface area contributed by atoms with Gasteiger partial charge in [-0.2, -0.15) is 0 Å². The zero-order chi connectivity index (χ0) is 22.4. The lowest BCUT2D eigenvalue weighted by Crippen LogP contribution is -2.16. The van der Waals surface area contributed by atoms with Gasteiger partial charge in [-0.15, -0.1) is 11.3 Å². The molecule has 0 radical (unpaired) electrons. The molecule has 0 bridgehead atoms. The van der Waals surface area contributed by atoms with Crippen molar-refractivity contribution < 1.29 is 23.8 Å². The molecule has 1 aromatic heterocycles. The summed E-state index contributed by atoms with van der Waals surface area (Å²) in [5.41, 5.74) is 1.70. The van der Waals surface area contributed by atoms with Crippen LogP contribution in [0.2, 0.25) is 0 Å². The Morgan fingerprint density at radius 3 is 2.23 bits per heavy atom. The number of amides is 1. The van der Waals surface area contributed by atoms with Crippen LogP contribution in [0.5, 0.6) is 11.5 Å². The van der Waals surface area contributed by atoms with Gasteiger partial charge in [-0.25, -0.2) is 4.79 Å². The van der Waals surface area contributed by atoms with Gasteiger partial charge in [0.05, 0.1) is 26.4 Å². The molecule has 0 saturated heterocycles. The molecule has 0 aliphatic rings. The average molecular weight is 440 g/mol. The molecular weight excluding hydrogens is 414 g/mol. The minimum atomic E-state index is -0.479. The van der Waals surface area contributed by atoms with Gasteiger partial charge in [0.2, 0.25) is 0 Å². The molecule has 0 saturated carbocycles. The van der Waals surface area contributed by atoms with Crippen molar-refractivity contribution in [3.05, 3.63) is 76.2 Å². The maximum atomic E-state index is 13.1. The fourth-order valence-corrected chi connectivity index (χ4v) is 4.34. The van der Waals surface area contributed by atoms with Crippen molar-refractivity contribution in [2.45, 2.75) is 19.8 Å². The number of carbonyl (C=O) groups is 2. The fraction of sp³-hybridized carbons (Fsp3) is 0.250. The highest BCUT2D eigenvalue weighted by Gasteiger charge is 2.25. The van der Waals surface area contributed by atoms with Crippen molar-refractivity contribution in [3.63, 3.8) is 0 Å².